The molecule has 0 saturated carbocycles. The number of aliphatic hydroxyl groups excluding tert-OH is 1. The van der Waals surface area contributed by atoms with E-state index in [0.717, 1.165) is 34.8 Å². The average molecular weight is 485 g/mol. The SMILES string of the molecule is CCN(CC)CCN1C(=O)C(=O)/C(=C(\O)c2ccc(OCC(C)C)c(C)c2)C1c1sccc1C. The fourth-order valence-electron chi connectivity index (χ4n) is 4.21. The van der Waals surface area contributed by atoms with E-state index in [0.29, 0.717) is 31.2 Å². The van der Waals surface area contributed by atoms with Gasteiger partial charge < -0.3 is 19.6 Å². The van der Waals surface area contributed by atoms with Crippen molar-refractivity contribution in [1.29, 1.82) is 0 Å². The van der Waals surface area contributed by atoms with Gasteiger partial charge in [0.25, 0.3) is 11.7 Å². The Morgan fingerprint density at radius 2 is 1.85 bits per heavy atom. The molecule has 0 aliphatic carbocycles. The number of hydrogen-bond donors (Lipinski definition) is 1. The molecule has 7 heteroatoms. The lowest BCUT2D eigenvalue weighted by atomic mass is 9.97. The monoisotopic (exact) mass is 484 g/mol. The number of carbonyl (C=O) groups is 2. The van der Waals surface area contributed by atoms with E-state index >= 15 is 0 Å². The van der Waals surface area contributed by atoms with Crippen molar-refractivity contribution in [3.8, 4) is 5.75 Å². The second-order valence-corrected chi connectivity index (χ2v) is 10.1. The number of rotatable bonds is 10. The fourth-order valence-corrected chi connectivity index (χ4v) is 5.25. The number of likely N-dealkylation sites (N-methyl/N-ethyl adjacent to an activating group) is 1. The largest absolute Gasteiger partial charge is 0.507 e. The molecule has 1 saturated heterocycles. The molecule has 1 atom stereocenters. The zero-order chi connectivity index (χ0) is 25.0. The van der Waals surface area contributed by atoms with Crippen molar-refractivity contribution in [2.45, 2.75) is 47.6 Å². The van der Waals surface area contributed by atoms with Crippen LogP contribution >= 0.6 is 11.3 Å². The maximum absolute atomic E-state index is 13.2. The van der Waals surface area contributed by atoms with Crippen LogP contribution in [0.5, 0.6) is 5.75 Å². The maximum atomic E-state index is 13.2. The number of ether oxygens (including phenoxy) is 1. The Bertz CT molecular complexity index is 1070. The van der Waals surface area contributed by atoms with Gasteiger partial charge in [-0.05, 0) is 73.6 Å². The second kappa shape index (κ2) is 11.2. The molecular weight excluding hydrogens is 448 g/mol. The zero-order valence-corrected chi connectivity index (χ0v) is 21.9. The van der Waals surface area contributed by atoms with Crippen LogP contribution in [0.4, 0.5) is 0 Å². The summed E-state index contributed by atoms with van der Waals surface area (Å²) < 4.78 is 5.86. The van der Waals surface area contributed by atoms with Gasteiger partial charge in [0, 0.05) is 23.5 Å². The summed E-state index contributed by atoms with van der Waals surface area (Å²) in [5.41, 5.74) is 2.54. The number of amides is 1. The number of ketones is 1. The molecule has 34 heavy (non-hydrogen) atoms. The van der Waals surface area contributed by atoms with E-state index < -0.39 is 17.7 Å². The first-order valence-corrected chi connectivity index (χ1v) is 12.9. The minimum absolute atomic E-state index is 0.139. The molecule has 6 nitrogen and oxygen atoms in total. The summed E-state index contributed by atoms with van der Waals surface area (Å²) in [7, 11) is 0. The normalized spacial score (nSPS) is 17.9. The van der Waals surface area contributed by atoms with Gasteiger partial charge in [-0.3, -0.25) is 9.59 Å². The summed E-state index contributed by atoms with van der Waals surface area (Å²) >= 11 is 1.51. The zero-order valence-electron chi connectivity index (χ0n) is 21.1. The van der Waals surface area contributed by atoms with Crippen LogP contribution in [0.1, 0.15) is 55.3 Å². The van der Waals surface area contributed by atoms with Gasteiger partial charge in [0.15, 0.2) is 0 Å². The molecule has 0 bridgehead atoms. The third-order valence-electron chi connectivity index (χ3n) is 6.26. The molecule has 1 amide bonds. The van der Waals surface area contributed by atoms with Crippen LogP contribution in [-0.2, 0) is 9.59 Å². The van der Waals surface area contributed by atoms with Crippen LogP contribution in [0, 0.1) is 19.8 Å². The Balaban J connectivity index is 2.03. The molecular formula is C27H36N2O4S. The number of aryl methyl sites for hydroxylation is 2. The van der Waals surface area contributed by atoms with Crippen LogP contribution in [0.15, 0.2) is 35.2 Å². The Morgan fingerprint density at radius 3 is 2.41 bits per heavy atom. The lowest BCUT2D eigenvalue weighted by molar-refractivity contribution is -0.140. The number of hydrogen-bond acceptors (Lipinski definition) is 6. The molecule has 2 aromatic rings. The van der Waals surface area contributed by atoms with E-state index in [2.05, 4.69) is 32.6 Å². The Kier molecular flexibility index (Phi) is 8.55. The number of thiophene rings is 1. The molecule has 184 valence electrons. The van der Waals surface area contributed by atoms with Crippen molar-refractivity contribution < 1.29 is 19.4 Å². The molecule has 1 aromatic heterocycles. The summed E-state index contributed by atoms with van der Waals surface area (Å²) in [6.45, 7) is 15.6. The van der Waals surface area contributed by atoms with E-state index in [-0.39, 0.29) is 11.3 Å². The van der Waals surface area contributed by atoms with Crippen molar-refractivity contribution in [3.63, 3.8) is 0 Å². The molecule has 1 fully saturated rings. The first-order valence-electron chi connectivity index (χ1n) is 12.0. The van der Waals surface area contributed by atoms with Gasteiger partial charge in [-0.1, -0.05) is 27.7 Å². The third kappa shape index (κ3) is 5.36. The van der Waals surface area contributed by atoms with Gasteiger partial charge in [-0.2, -0.15) is 0 Å². The van der Waals surface area contributed by atoms with E-state index in [1.165, 1.54) is 11.3 Å². The first kappa shape index (κ1) is 26.0. The smallest absolute Gasteiger partial charge is 0.295 e. The van der Waals surface area contributed by atoms with E-state index in [9.17, 15) is 14.7 Å². The van der Waals surface area contributed by atoms with E-state index in [1.807, 2.05) is 37.4 Å². The summed E-state index contributed by atoms with van der Waals surface area (Å²) in [5, 5.41) is 13.3. The predicted molar refractivity (Wildman–Crippen MR) is 137 cm³/mol. The fraction of sp³-hybridized carbons (Fsp3) is 0.481. The highest BCUT2D eigenvalue weighted by Gasteiger charge is 2.46. The van der Waals surface area contributed by atoms with Crippen molar-refractivity contribution >= 4 is 28.8 Å². The summed E-state index contributed by atoms with van der Waals surface area (Å²) in [6.07, 6.45) is 0. The van der Waals surface area contributed by atoms with Gasteiger partial charge >= 0.3 is 0 Å². The number of likely N-dealkylation sites (tertiary alicyclic amines) is 1. The number of benzene rings is 1. The maximum Gasteiger partial charge on any atom is 0.295 e. The summed E-state index contributed by atoms with van der Waals surface area (Å²) in [5.74, 6) is -0.183. The lowest BCUT2D eigenvalue weighted by Gasteiger charge is -2.27. The highest BCUT2D eigenvalue weighted by molar-refractivity contribution is 7.10. The number of carbonyl (C=O) groups excluding carboxylic acids is 2. The minimum atomic E-state index is -0.632. The van der Waals surface area contributed by atoms with Crippen molar-refractivity contribution in [3.05, 3.63) is 56.8 Å². The highest BCUT2D eigenvalue weighted by atomic mass is 32.1. The van der Waals surface area contributed by atoms with Crippen molar-refractivity contribution in [1.82, 2.24) is 9.80 Å². The van der Waals surface area contributed by atoms with Crippen LogP contribution in [0.25, 0.3) is 5.76 Å². The minimum Gasteiger partial charge on any atom is -0.507 e. The predicted octanol–water partition coefficient (Wildman–Crippen LogP) is 5.16. The van der Waals surface area contributed by atoms with Crippen LogP contribution in [0.3, 0.4) is 0 Å². The van der Waals surface area contributed by atoms with Crippen LogP contribution < -0.4 is 4.74 Å². The molecule has 1 aliphatic rings. The Morgan fingerprint density at radius 1 is 1.15 bits per heavy atom. The number of Topliss-reactive ketones (excluding diaryl/α,β-unsaturated/α-hetero) is 1. The average Bonchev–Trinajstić information content (AvgIpc) is 3.33. The second-order valence-electron chi connectivity index (χ2n) is 9.17. The van der Waals surface area contributed by atoms with Crippen molar-refractivity contribution in [2.24, 2.45) is 5.92 Å². The molecule has 1 aromatic carbocycles. The number of aliphatic hydroxyl groups is 1. The Hall–Kier alpha value is -2.64. The third-order valence-corrected chi connectivity index (χ3v) is 7.33. The van der Waals surface area contributed by atoms with Crippen molar-refractivity contribution in [2.75, 3.05) is 32.8 Å². The molecule has 1 aliphatic heterocycles. The van der Waals surface area contributed by atoms with E-state index in [1.54, 1.807) is 11.0 Å². The highest BCUT2D eigenvalue weighted by Crippen LogP contribution is 2.42. The van der Waals surface area contributed by atoms with Gasteiger partial charge in [0.2, 0.25) is 0 Å². The molecule has 1 N–H and O–H groups in total. The topological polar surface area (TPSA) is 70.1 Å². The Labute approximate surface area is 206 Å². The lowest BCUT2D eigenvalue weighted by Crippen LogP contribution is -2.37. The molecule has 2 heterocycles. The molecule has 1 unspecified atom stereocenters. The van der Waals surface area contributed by atoms with Gasteiger partial charge in [-0.25, -0.2) is 0 Å². The van der Waals surface area contributed by atoms with Crippen LogP contribution in [0.2, 0.25) is 0 Å². The summed E-state index contributed by atoms with van der Waals surface area (Å²) in [6, 6.07) is 6.77. The molecule has 0 spiro atoms. The quantitative estimate of drug-likeness (QED) is 0.286. The van der Waals surface area contributed by atoms with Gasteiger partial charge in [-0.15, -0.1) is 11.3 Å². The molecule has 3 rings (SSSR count). The van der Waals surface area contributed by atoms with Gasteiger partial charge in [0.05, 0.1) is 18.2 Å². The van der Waals surface area contributed by atoms with E-state index in [4.69, 9.17) is 4.74 Å². The van der Waals surface area contributed by atoms with Crippen LogP contribution in [-0.4, -0.2) is 59.4 Å². The van der Waals surface area contributed by atoms with Gasteiger partial charge in [0.1, 0.15) is 11.5 Å². The molecule has 0 radical (unpaired) electrons. The number of nitrogens with zero attached hydrogens (tertiary/aromatic N) is 2. The summed E-state index contributed by atoms with van der Waals surface area (Å²) in [4.78, 5) is 31.1. The first-order chi connectivity index (χ1) is 16.2. The standard InChI is InChI=1S/C27H36N2O4S/c1-7-28(8-2)12-13-29-23(26-18(5)11-14-34-26)22(25(31)27(29)32)24(30)20-9-10-21(19(6)15-20)33-16-17(3)4/h9-11,14-15,17,23,30H,7-8,12-13,16H2,1-6H3/b24-22-.